The minimum atomic E-state index is -0.888. The van der Waals surface area contributed by atoms with Crippen molar-refractivity contribution >= 4 is 23.3 Å². The van der Waals surface area contributed by atoms with Gasteiger partial charge in [-0.1, -0.05) is 29.8 Å². The number of halogens is 1. The average molecular weight is 374 g/mol. The molecule has 138 valence electrons. The Bertz CT molecular complexity index is 728. The number of hydrogen-bond acceptors (Lipinski definition) is 4. The van der Waals surface area contributed by atoms with E-state index in [1.165, 1.54) is 5.69 Å². The molecule has 6 heteroatoms. The van der Waals surface area contributed by atoms with Gasteiger partial charge in [0.1, 0.15) is 0 Å². The lowest BCUT2D eigenvalue weighted by atomic mass is 10.1. The summed E-state index contributed by atoms with van der Waals surface area (Å²) in [5, 5.41) is 13.1. The van der Waals surface area contributed by atoms with E-state index in [-0.39, 0.29) is 0 Å². The van der Waals surface area contributed by atoms with Crippen molar-refractivity contribution < 1.29 is 9.90 Å². The van der Waals surface area contributed by atoms with Crippen LogP contribution in [-0.2, 0) is 6.54 Å². The van der Waals surface area contributed by atoms with Gasteiger partial charge in [-0.3, -0.25) is 4.90 Å². The average Bonchev–Trinajstić information content (AvgIpc) is 2.66. The fourth-order valence-electron chi connectivity index (χ4n) is 3.14. The van der Waals surface area contributed by atoms with Gasteiger partial charge in [0.05, 0.1) is 5.56 Å². The molecule has 0 saturated carbocycles. The molecule has 1 heterocycles. The molecule has 0 spiro atoms. The van der Waals surface area contributed by atoms with Crippen LogP contribution in [0.25, 0.3) is 0 Å². The molecule has 2 N–H and O–H groups in total. The van der Waals surface area contributed by atoms with Crippen LogP contribution in [0.15, 0.2) is 48.5 Å². The number of carboxylic acid groups (broad SMARTS) is 1. The van der Waals surface area contributed by atoms with Gasteiger partial charge in [0.15, 0.2) is 0 Å². The van der Waals surface area contributed by atoms with E-state index in [0.29, 0.717) is 5.56 Å². The number of aromatic carboxylic acids is 1. The molecule has 2 aromatic carbocycles. The molecule has 1 aliphatic heterocycles. The second-order valence-corrected chi connectivity index (χ2v) is 6.92. The Balaban J connectivity index is 1.35. The number of carbonyl (C=O) groups is 1. The standard InChI is InChI=1S/C20H24ClN3O2/c21-18-2-1-3-19(14-18)24-12-10-23(11-13-24)9-8-22-15-16-4-6-17(7-5-16)20(25)26/h1-7,14,22H,8-13,15H2,(H,25,26). The highest BCUT2D eigenvalue weighted by Crippen LogP contribution is 2.20. The molecule has 0 aromatic heterocycles. The molecule has 0 bridgehead atoms. The zero-order chi connectivity index (χ0) is 18.4. The number of hydrogen-bond donors (Lipinski definition) is 2. The zero-order valence-electron chi connectivity index (χ0n) is 14.7. The predicted octanol–water partition coefficient (Wildman–Crippen LogP) is 2.95. The summed E-state index contributed by atoms with van der Waals surface area (Å²) in [7, 11) is 0. The molecule has 0 radical (unpaired) electrons. The van der Waals surface area contributed by atoms with Crippen molar-refractivity contribution in [1.29, 1.82) is 0 Å². The molecule has 1 fully saturated rings. The van der Waals surface area contributed by atoms with Crippen molar-refractivity contribution in [3.8, 4) is 0 Å². The number of benzene rings is 2. The molecule has 1 aliphatic rings. The van der Waals surface area contributed by atoms with E-state index in [1.807, 2.05) is 30.3 Å². The zero-order valence-corrected chi connectivity index (χ0v) is 15.5. The SMILES string of the molecule is O=C(O)c1ccc(CNCCN2CCN(c3cccc(Cl)c3)CC2)cc1. The van der Waals surface area contributed by atoms with Gasteiger partial charge in [0.25, 0.3) is 0 Å². The van der Waals surface area contributed by atoms with Crippen molar-refractivity contribution in [2.45, 2.75) is 6.54 Å². The minimum Gasteiger partial charge on any atom is -0.478 e. The highest BCUT2D eigenvalue weighted by Gasteiger charge is 2.16. The monoisotopic (exact) mass is 373 g/mol. The number of piperazine rings is 1. The first kappa shape index (κ1) is 18.7. The molecular weight excluding hydrogens is 350 g/mol. The lowest BCUT2D eigenvalue weighted by Crippen LogP contribution is -2.48. The van der Waals surface area contributed by atoms with Crippen LogP contribution in [0.2, 0.25) is 5.02 Å². The number of anilines is 1. The van der Waals surface area contributed by atoms with Crippen LogP contribution >= 0.6 is 11.6 Å². The Morgan fingerprint density at radius 2 is 1.81 bits per heavy atom. The second kappa shape index (κ2) is 9.03. The van der Waals surface area contributed by atoms with Crippen LogP contribution in [-0.4, -0.2) is 55.2 Å². The Morgan fingerprint density at radius 3 is 2.46 bits per heavy atom. The van der Waals surface area contributed by atoms with Crippen molar-refractivity contribution in [2.75, 3.05) is 44.2 Å². The van der Waals surface area contributed by atoms with E-state index in [4.69, 9.17) is 16.7 Å². The van der Waals surface area contributed by atoms with Gasteiger partial charge in [-0.05, 0) is 35.9 Å². The molecule has 2 aromatic rings. The van der Waals surface area contributed by atoms with Gasteiger partial charge < -0.3 is 15.3 Å². The molecular formula is C20H24ClN3O2. The quantitative estimate of drug-likeness (QED) is 0.731. The molecule has 0 atom stereocenters. The fraction of sp³-hybridized carbons (Fsp3) is 0.350. The van der Waals surface area contributed by atoms with Crippen molar-refractivity contribution in [3.63, 3.8) is 0 Å². The van der Waals surface area contributed by atoms with Gasteiger partial charge >= 0.3 is 5.97 Å². The highest BCUT2D eigenvalue weighted by molar-refractivity contribution is 6.30. The third-order valence-corrected chi connectivity index (χ3v) is 4.92. The third kappa shape index (κ3) is 5.21. The first-order valence-electron chi connectivity index (χ1n) is 8.87. The Hall–Kier alpha value is -2.08. The Kier molecular flexibility index (Phi) is 6.50. The van der Waals surface area contributed by atoms with Gasteiger partial charge in [-0.25, -0.2) is 4.79 Å². The van der Waals surface area contributed by atoms with Gasteiger partial charge in [0.2, 0.25) is 0 Å². The van der Waals surface area contributed by atoms with Gasteiger partial charge in [-0.15, -0.1) is 0 Å². The summed E-state index contributed by atoms with van der Waals surface area (Å²) < 4.78 is 0. The fourth-order valence-corrected chi connectivity index (χ4v) is 3.32. The second-order valence-electron chi connectivity index (χ2n) is 6.49. The topological polar surface area (TPSA) is 55.8 Å². The number of carboxylic acids is 1. The first-order chi connectivity index (χ1) is 12.6. The van der Waals surface area contributed by atoms with E-state index in [1.54, 1.807) is 12.1 Å². The summed E-state index contributed by atoms with van der Waals surface area (Å²) >= 11 is 6.08. The molecule has 0 aliphatic carbocycles. The summed E-state index contributed by atoms with van der Waals surface area (Å²) in [5.41, 5.74) is 2.62. The van der Waals surface area contributed by atoms with E-state index < -0.39 is 5.97 Å². The molecule has 3 rings (SSSR count). The van der Waals surface area contributed by atoms with E-state index in [0.717, 1.165) is 56.4 Å². The largest absolute Gasteiger partial charge is 0.478 e. The van der Waals surface area contributed by atoms with Crippen LogP contribution in [0, 0.1) is 0 Å². The van der Waals surface area contributed by atoms with Crippen LogP contribution in [0.5, 0.6) is 0 Å². The molecule has 5 nitrogen and oxygen atoms in total. The number of nitrogens with one attached hydrogen (secondary N) is 1. The molecule has 26 heavy (non-hydrogen) atoms. The molecule has 0 unspecified atom stereocenters. The maximum atomic E-state index is 10.8. The Labute approximate surface area is 159 Å². The van der Waals surface area contributed by atoms with Crippen LogP contribution in [0.4, 0.5) is 5.69 Å². The van der Waals surface area contributed by atoms with Crippen molar-refractivity contribution in [2.24, 2.45) is 0 Å². The van der Waals surface area contributed by atoms with Gasteiger partial charge in [0, 0.05) is 56.5 Å². The first-order valence-corrected chi connectivity index (χ1v) is 9.25. The van der Waals surface area contributed by atoms with Crippen LogP contribution in [0.3, 0.4) is 0 Å². The minimum absolute atomic E-state index is 0.325. The summed E-state index contributed by atoms with van der Waals surface area (Å²) in [4.78, 5) is 15.7. The van der Waals surface area contributed by atoms with E-state index >= 15 is 0 Å². The summed E-state index contributed by atoms with van der Waals surface area (Å²) in [6, 6.07) is 15.1. The maximum absolute atomic E-state index is 10.8. The number of nitrogens with zero attached hydrogens (tertiary/aromatic N) is 2. The van der Waals surface area contributed by atoms with Crippen molar-refractivity contribution in [1.82, 2.24) is 10.2 Å². The summed E-state index contributed by atoms with van der Waals surface area (Å²) in [6.07, 6.45) is 0. The van der Waals surface area contributed by atoms with Crippen molar-refractivity contribution in [3.05, 3.63) is 64.7 Å². The van der Waals surface area contributed by atoms with Gasteiger partial charge in [-0.2, -0.15) is 0 Å². The summed E-state index contributed by atoms with van der Waals surface area (Å²) in [6.45, 7) is 6.79. The van der Waals surface area contributed by atoms with Crippen LogP contribution < -0.4 is 10.2 Å². The molecule has 1 saturated heterocycles. The predicted molar refractivity (Wildman–Crippen MR) is 105 cm³/mol. The lowest BCUT2D eigenvalue weighted by Gasteiger charge is -2.36. The third-order valence-electron chi connectivity index (χ3n) is 4.68. The summed E-state index contributed by atoms with van der Waals surface area (Å²) in [5.74, 6) is -0.888. The lowest BCUT2D eigenvalue weighted by molar-refractivity contribution is 0.0697. The smallest absolute Gasteiger partial charge is 0.335 e. The Morgan fingerprint density at radius 1 is 1.08 bits per heavy atom. The van der Waals surface area contributed by atoms with E-state index in [2.05, 4.69) is 21.2 Å². The normalized spacial score (nSPS) is 15.2. The maximum Gasteiger partial charge on any atom is 0.335 e. The highest BCUT2D eigenvalue weighted by atomic mass is 35.5. The van der Waals surface area contributed by atoms with E-state index in [9.17, 15) is 4.79 Å². The molecule has 0 amide bonds. The van der Waals surface area contributed by atoms with Crippen LogP contribution in [0.1, 0.15) is 15.9 Å². The number of rotatable bonds is 7.